The van der Waals surface area contributed by atoms with Crippen LogP contribution >= 0.6 is 0 Å². The highest BCUT2D eigenvalue weighted by molar-refractivity contribution is 6.08. The molecule has 3 atom stereocenters. The predicted octanol–water partition coefficient (Wildman–Crippen LogP) is 2.11. The van der Waals surface area contributed by atoms with Gasteiger partial charge in [0, 0.05) is 6.04 Å². The Morgan fingerprint density at radius 1 is 1.24 bits per heavy atom. The molecule has 0 aromatic carbocycles. The van der Waals surface area contributed by atoms with E-state index in [1.807, 2.05) is 0 Å². The topological polar surface area (TPSA) is 105 Å². The molecule has 2 N–H and O–H groups in total. The fraction of sp³-hybridized carbons (Fsp3) is 0.810. The highest BCUT2D eigenvalue weighted by Crippen LogP contribution is 2.46. The lowest BCUT2D eigenvalue weighted by atomic mass is 9.64. The van der Waals surface area contributed by atoms with E-state index in [0.29, 0.717) is 12.8 Å². The van der Waals surface area contributed by atoms with Crippen LogP contribution < -0.4 is 10.6 Å². The van der Waals surface area contributed by atoms with Crippen LogP contribution in [0.3, 0.4) is 0 Å². The van der Waals surface area contributed by atoms with E-state index in [1.165, 1.54) is 6.92 Å². The molecule has 1 heterocycles. The molecule has 1 saturated heterocycles. The zero-order chi connectivity index (χ0) is 21.4. The minimum Gasteiger partial charge on any atom is -0.451 e. The number of ether oxygens (including phenoxy) is 1. The molecular formula is C21H33N3O5. The largest absolute Gasteiger partial charge is 0.451 e. The van der Waals surface area contributed by atoms with Gasteiger partial charge in [0.05, 0.1) is 0 Å². The van der Waals surface area contributed by atoms with E-state index in [1.54, 1.807) is 0 Å². The minimum atomic E-state index is -0.966. The minimum absolute atomic E-state index is 0.0794. The van der Waals surface area contributed by atoms with Crippen molar-refractivity contribution in [3.63, 3.8) is 0 Å². The van der Waals surface area contributed by atoms with E-state index >= 15 is 0 Å². The average Bonchev–Trinajstić information content (AvgIpc) is 3.16. The molecule has 0 aromatic heterocycles. The van der Waals surface area contributed by atoms with Crippen LogP contribution in [0.25, 0.3) is 0 Å². The summed E-state index contributed by atoms with van der Waals surface area (Å²) in [5.74, 6) is -1.19. The third-order valence-corrected chi connectivity index (χ3v) is 6.29. The normalized spacial score (nSPS) is 30.3. The lowest BCUT2D eigenvalue weighted by molar-refractivity contribution is -0.157. The lowest BCUT2D eigenvalue weighted by Crippen LogP contribution is -2.54. The molecule has 29 heavy (non-hydrogen) atoms. The summed E-state index contributed by atoms with van der Waals surface area (Å²) in [5, 5.41) is 5.71. The van der Waals surface area contributed by atoms with E-state index in [9.17, 15) is 19.2 Å². The van der Waals surface area contributed by atoms with Crippen LogP contribution in [0.1, 0.15) is 72.6 Å². The molecule has 2 aliphatic carbocycles. The summed E-state index contributed by atoms with van der Waals surface area (Å²) in [7, 11) is 0. The molecule has 8 heteroatoms. The van der Waals surface area contributed by atoms with E-state index in [-0.39, 0.29) is 29.2 Å². The molecule has 3 aliphatic rings. The van der Waals surface area contributed by atoms with Crippen LogP contribution in [0, 0.1) is 11.3 Å². The molecule has 8 nitrogen and oxygen atoms in total. The average molecular weight is 408 g/mol. The van der Waals surface area contributed by atoms with Gasteiger partial charge < -0.3 is 15.4 Å². The van der Waals surface area contributed by atoms with Gasteiger partial charge in [-0.3, -0.25) is 19.3 Å². The van der Waals surface area contributed by atoms with Gasteiger partial charge in [-0.15, -0.1) is 0 Å². The number of urea groups is 1. The third-order valence-electron chi connectivity index (χ3n) is 6.29. The number of carbonyl (C=O) groups is 4. The van der Waals surface area contributed by atoms with Crippen LogP contribution in [-0.4, -0.2) is 52.9 Å². The summed E-state index contributed by atoms with van der Waals surface area (Å²) < 4.78 is 5.19. The first kappa shape index (κ1) is 21.6. The molecule has 162 valence electrons. The highest BCUT2D eigenvalue weighted by Gasteiger charge is 2.56. The standard InChI is InChI=1S/C21H33N3O5/c1-13-9-20(3,4)12-21(10-13)18(27)24(19(28)23-21)11-16(25)29-14(2)17(26)22-15-7-5-6-8-15/h13-15H,5-12H2,1-4H3,(H,22,26)(H,23,28)/t13-,14-,21+/m0/s1. The number of hydrogen-bond donors (Lipinski definition) is 2. The second kappa shape index (κ2) is 7.95. The van der Waals surface area contributed by atoms with Crippen molar-refractivity contribution in [3.8, 4) is 0 Å². The maximum Gasteiger partial charge on any atom is 0.327 e. The van der Waals surface area contributed by atoms with Crippen molar-refractivity contribution in [2.24, 2.45) is 11.3 Å². The van der Waals surface area contributed by atoms with Crippen LogP contribution in [0.5, 0.6) is 0 Å². The number of hydrogen-bond acceptors (Lipinski definition) is 5. The summed E-state index contributed by atoms with van der Waals surface area (Å²) >= 11 is 0. The maximum atomic E-state index is 13.1. The Kier molecular flexibility index (Phi) is 5.92. The van der Waals surface area contributed by atoms with Gasteiger partial charge in [-0.05, 0) is 50.4 Å². The van der Waals surface area contributed by atoms with Crippen molar-refractivity contribution in [2.75, 3.05) is 6.54 Å². The molecule has 3 rings (SSSR count). The number of amides is 4. The van der Waals surface area contributed by atoms with Crippen molar-refractivity contribution >= 4 is 23.8 Å². The monoisotopic (exact) mass is 407 g/mol. The van der Waals surface area contributed by atoms with Crippen molar-refractivity contribution in [2.45, 2.75) is 90.3 Å². The summed E-state index contributed by atoms with van der Waals surface area (Å²) in [6.45, 7) is 7.27. The highest BCUT2D eigenvalue weighted by atomic mass is 16.5. The maximum absolute atomic E-state index is 13.1. The first-order valence-corrected chi connectivity index (χ1v) is 10.7. The summed E-state index contributed by atoms with van der Waals surface area (Å²) in [4.78, 5) is 51.0. The molecule has 0 radical (unpaired) electrons. The van der Waals surface area contributed by atoms with Crippen molar-refractivity contribution in [1.29, 1.82) is 0 Å². The van der Waals surface area contributed by atoms with Crippen molar-refractivity contribution in [1.82, 2.24) is 15.5 Å². The Morgan fingerprint density at radius 3 is 2.52 bits per heavy atom. The summed E-state index contributed by atoms with van der Waals surface area (Å²) in [6, 6.07) is -0.439. The smallest absolute Gasteiger partial charge is 0.327 e. The zero-order valence-electron chi connectivity index (χ0n) is 17.9. The van der Waals surface area contributed by atoms with Crippen LogP contribution in [0.15, 0.2) is 0 Å². The van der Waals surface area contributed by atoms with Gasteiger partial charge >= 0.3 is 12.0 Å². The molecule has 0 unspecified atom stereocenters. The molecule has 2 saturated carbocycles. The van der Waals surface area contributed by atoms with Gasteiger partial charge in [0.1, 0.15) is 12.1 Å². The SMILES string of the molecule is C[C@H]1CC(C)(C)C[C@@]2(C1)NC(=O)N(CC(=O)O[C@@H](C)C(=O)NC1CCCC1)C2=O. The molecule has 0 aromatic rings. The predicted molar refractivity (Wildman–Crippen MR) is 106 cm³/mol. The Morgan fingerprint density at radius 2 is 1.90 bits per heavy atom. The Hall–Kier alpha value is -2.12. The molecule has 1 aliphatic heterocycles. The second-order valence-corrected chi connectivity index (χ2v) is 9.88. The number of nitrogens with zero attached hydrogens (tertiary/aromatic N) is 1. The second-order valence-electron chi connectivity index (χ2n) is 9.88. The Labute approximate surface area is 172 Å². The third kappa shape index (κ3) is 4.73. The van der Waals surface area contributed by atoms with Gasteiger partial charge in [-0.25, -0.2) is 4.79 Å². The fourth-order valence-corrected chi connectivity index (χ4v) is 5.46. The lowest BCUT2D eigenvalue weighted by Gasteiger charge is -2.43. The van der Waals surface area contributed by atoms with Gasteiger partial charge in [0.15, 0.2) is 6.10 Å². The van der Waals surface area contributed by atoms with Crippen LogP contribution in [0.2, 0.25) is 0 Å². The molecular weight excluding hydrogens is 374 g/mol. The van der Waals surface area contributed by atoms with Gasteiger partial charge in [0.25, 0.3) is 11.8 Å². The van der Waals surface area contributed by atoms with Crippen molar-refractivity contribution in [3.05, 3.63) is 0 Å². The van der Waals surface area contributed by atoms with E-state index < -0.39 is 30.2 Å². The van der Waals surface area contributed by atoms with E-state index in [2.05, 4.69) is 31.4 Å². The zero-order valence-corrected chi connectivity index (χ0v) is 17.9. The summed E-state index contributed by atoms with van der Waals surface area (Å²) in [6.07, 6.45) is 5.16. The molecule has 1 spiro atoms. The van der Waals surface area contributed by atoms with Gasteiger partial charge in [-0.2, -0.15) is 0 Å². The number of esters is 1. The van der Waals surface area contributed by atoms with Crippen LogP contribution in [-0.2, 0) is 19.1 Å². The van der Waals surface area contributed by atoms with Crippen LogP contribution in [0.4, 0.5) is 4.79 Å². The Bertz CT molecular complexity index is 700. The van der Waals surface area contributed by atoms with Crippen molar-refractivity contribution < 1.29 is 23.9 Å². The van der Waals surface area contributed by atoms with E-state index in [0.717, 1.165) is 37.0 Å². The number of rotatable bonds is 5. The quantitative estimate of drug-likeness (QED) is 0.536. The van der Waals surface area contributed by atoms with Gasteiger partial charge in [0.2, 0.25) is 0 Å². The first-order valence-electron chi connectivity index (χ1n) is 10.7. The number of carbonyl (C=O) groups excluding carboxylic acids is 4. The number of nitrogens with one attached hydrogen (secondary N) is 2. The summed E-state index contributed by atoms with van der Waals surface area (Å²) in [5.41, 5.74) is -1.03. The first-order chi connectivity index (χ1) is 13.5. The number of imide groups is 1. The van der Waals surface area contributed by atoms with Gasteiger partial charge in [-0.1, -0.05) is 33.6 Å². The fourth-order valence-electron chi connectivity index (χ4n) is 5.46. The Balaban J connectivity index is 1.58. The molecule has 4 amide bonds. The van der Waals surface area contributed by atoms with E-state index in [4.69, 9.17) is 4.74 Å². The molecule has 0 bridgehead atoms. The molecule has 3 fully saturated rings.